The molecule has 4 nitrogen and oxygen atoms in total. The lowest BCUT2D eigenvalue weighted by Gasteiger charge is -2.40. The van der Waals surface area contributed by atoms with E-state index >= 15 is 0 Å². The second-order valence-corrected chi connectivity index (χ2v) is 9.48. The molecule has 0 aromatic heterocycles. The van der Waals surface area contributed by atoms with Crippen molar-refractivity contribution in [1.29, 1.82) is 0 Å². The Morgan fingerprint density at radius 2 is 1.35 bits per heavy atom. The molecule has 2 aliphatic rings. The normalized spacial score (nSPS) is 17.3. The Hall–Kier alpha value is -3.11. The zero-order valence-corrected chi connectivity index (χ0v) is 20.0. The van der Waals surface area contributed by atoms with Gasteiger partial charge in [0.2, 0.25) is 0 Å². The molecule has 0 saturated carbocycles. The summed E-state index contributed by atoms with van der Waals surface area (Å²) in [5, 5.41) is 0. The quantitative estimate of drug-likeness (QED) is 0.509. The number of aryl methyl sites for hydroxylation is 2. The molecule has 176 valence electrons. The van der Waals surface area contributed by atoms with Gasteiger partial charge in [0.05, 0.1) is 6.04 Å². The summed E-state index contributed by atoms with van der Waals surface area (Å²) in [4.78, 5) is 17.6. The predicted octanol–water partition coefficient (Wildman–Crippen LogP) is 5.27. The predicted molar refractivity (Wildman–Crippen MR) is 136 cm³/mol. The lowest BCUT2D eigenvalue weighted by Crippen LogP contribution is -2.52. The lowest BCUT2D eigenvalue weighted by molar-refractivity contribution is -0.140. The number of piperazine rings is 1. The van der Waals surface area contributed by atoms with Crippen LogP contribution in [0.1, 0.15) is 48.1 Å². The number of hydrogen-bond donors (Lipinski definition) is 0. The van der Waals surface area contributed by atoms with E-state index in [-0.39, 0.29) is 11.9 Å². The zero-order chi connectivity index (χ0) is 23.3. The summed E-state index contributed by atoms with van der Waals surface area (Å²) in [6.07, 6.45) is 4.29. The molecule has 0 bridgehead atoms. The van der Waals surface area contributed by atoms with Gasteiger partial charge in [-0.15, -0.1) is 0 Å². The third-order valence-corrected chi connectivity index (χ3v) is 7.20. The second-order valence-electron chi connectivity index (χ2n) is 9.48. The fourth-order valence-corrected chi connectivity index (χ4v) is 5.38. The molecular formula is C30H34N2O2. The van der Waals surface area contributed by atoms with Crippen LogP contribution in [-0.2, 0) is 17.6 Å². The largest absolute Gasteiger partial charge is 0.481 e. The highest BCUT2D eigenvalue weighted by atomic mass is 16.5. The zero-order valence-electron chi connectivity index (χ0n) is 20.0. The van der Waals surface area contributed by atoms with Gasteiger partial charge >= 0.3 is 0 Å². The van der Waals surface area contributed by atoms with Crippen LogP contribution in [0.25, 0.3) is 0 Å². The number of rotatable bonds is 6. The summed E-state index contributed by atoms with van der Waals surface area (Å²) in [5.41, 5.74) is 5.39. The summed E-state index contributed by atoms with van der Waals surface area (Å²) in [5.74, 6) is 0.890. The van der Waals surface area contributed by atoms with Gasteiger partial charge in [-0.2, -0.15) is 0 Å². The second kappa shape index (κ2) is 10.4. The van der Waals surface area contributed by atoms with Crippen LogP contribution >= 0.6 is 0 Å². The first kappa shape index (κ1) is 22.7. The Kier molecular flexibility index (Phi) is 6.96. The van der Waals surface area contributed by atoms with E-state index in [2.05, 4.69) is 77.7 Å². The Balaban J connectivity index is 1.23. The van der Waals surface area contributed by atoms with E-state index < -0.39 is 6.10 Å². The molecule has 1 atom stereocenters. The summed E-state index contributed by atoms with van der Waals surface area (Å²) in [6, 6.07) is 27.9. The van der Waals surface area contributed by atoms with Crippen molar-refractivity contribution in [2.75, 3.05) is 26.2 Å². The van der Waals surface area contributed by atoms with Gasteiger partial charge in [-0.1, -0.05) is 66.7 Å². The van der Waals surface area contributed by atoms with Crippen molar-refractivity contribution in [2.24, 2.45) is 0 Å². The van der Waals surface area contributed by atoms with Crippen molar-refractivity contribution in [3.05, 3.63) is 101 Å². The van der Waals surface area contributed by atoms with Crippen LogP contribution in [0.5, 0.6) is 5.75 Å². The molecule has 0 spiro atoms. The van der Waals surface area contributed by atoms with Gasteiger partial charge in [0, 0.05) is 26.2 Å². The summed E-state index contributed by atoms with van der Waals surface area (Å²) >= 11 is 0. The topological polar surface area (TPSA) is 32.8 Å². The molecule has 3 aromatic rings. The molecule has 3 aromatic carbocycles. The van der Waals surface area contributed by atoms with Crippen molar-refractivity contribution in [2.45, 2.75) is 44.8 Å². The van der Waals surface area contributed by atoms with Crippen LogP contribution in [0, 0.1) is 0 Å². The highest BCUT2D eigenvalue weighted by Gasteiger charge is 2.30. The van der Waals surface area contributed by atoms with E-state index in [0.717, 1.165) is 31.7 Å². The van der Waals surface area contributed by atoms with E-state index in [0.29, 0.717) is 13.1 Å². The maximum absolute atomic E-state index is 13.2. The van der Waals surface area contributed by atoms with Gasteiger partial charge in [-0.25, -0.2) is 0 Å². The maximum atomic E-state index is 13.2. The van der Waals surface area contributed by atoms with Gasteiger partial charge in [-0.05, 0) is 67.0 Å². The molecule has 1 amide bonds. The molecule has 1 fully saturated rings. The van der Waals surface area contributed by atoms with E-state index in [9.17, 15) is 4.79 Å². The molecule has 4 heteroatoms. The number of benzene rings is 3. The van der Waals surface area contributed by atoms with Crippen LogP contribution in [0.4, 0.5) is 0 Å². The number of hydrogen-bond acceptors (Lipinski definition) is 3. The molecule has 0 unspecified atom stereocenters. The number of nitrogens with zero attached hydrogens (tertiary/aromatic N) is 2. The van der Waals surface area contributed by atoms with Crippen LogP contribution < -0.4 is 4.74 Å². The number of carbonyl (C=O) groups excluding carboxylic acids is 1. The third kappa shape index (κ3) is 5.02. The van der Waals surface area contributed by atoms with Crippen molar-refractivity contribution >= 4 is 5.91 Å². The van der Waals surface area contributed by atoms with Crippen LogP contribution in [0.2, 0.25) is 0 Å². The first-order chi connectivity index (χ1) is 16.7. The highest BCUT2D eigenvalue weighted by Crippen LogP contribution is 2.30. The molecule has 1 saturated heterocycles. The highest BCUT2D eigenvalue weighted by molar-refractivity contribution is 5.81. The number of carbonyl (C=O) groups is 1. The lowest BCUT2D eigenvalue weighted by atomic mass is 9.92. The SMILES string of the molecule is C[C@H](Oc1ccc2c(c1)CCCC2)C(=O)N1CCN(C(c2ccccc2)c2ccccc2)CC1. The van der Waals surface area contributed by atoms with E-state index in [1.54, 1.807) is 0 Å². The summed E-state index contributed by atoms with van der Waals surface area (Å²) in [6.45, 7) is 4.99. The van der Waals surface area contributed by atoms with Crippen molar-refractivity contribution in [3.8, 4) is 5.75 Å². The Morgan fingerprint density at radius 3 is 1.97 bits per heavy atom. The number of ether oxygens (including phenoxy) is 1. The van der Waals surface area contributed by atoms with E-state index in [1.165, 1.54) is 35.1 Å². The van der Waals surface area contributed by atoms with Gasteiger partial charge in [-0.3, -0.25) is 9.69 Å². The first-order valence-corrected chi connectivity index (χ1v) is 12.6. The van der Waals surface area contributed by atoms with Gasteiger partial charge in [0.25, 0.3) is 5.91 Å². The standard InChI is InChI=1S/C30H34N2O2/c1-23(34-28-17-16-24-10-8-9-15-27(24)22-28)30(33)32-20-18-31(19-21-32)29(25-11-4-2-5-12-25)26-13-6-3-7-14-26/h2-7,11-14,16-17,22-23,29H,8-10,15,18-21H2,1H3/t23-/m0/s1. The first-order valence-electron chi connectivity index (χ1n) is 12.6. The average Bonchev–Trinajstić information content (AvgIpc) is 2.90. The van der Waals surface area contributed by atoms with Crippen LogP contribution in [0.3, 0.4) is 0 Å². The van der Waals surface area contributed by atoms with Crippen LogP contribution in [-0.4, -0.2) is 48.0 Å². The molecule has 5 rings (SSSR count). The molecular weight excluding hydrogens is 420 g/mol. The summed E-state index contributed by atoms with van der Waals surface area (Å²) < 4.78 is 6.10. The average molecular weight is 455 g/mol. The molecule has 1 aliphatic carbocycles. The monoisotopic (exact) mass is 454 g/mol. The van der Waals surface area contributed by atoms with Gasteiger partial charge < -0.3 is 9.64 Å². The molecule has 0 N–H and O–H groups in total. The third-order valence-electron chi connectivity index (χ3n) is 7.20. The molecule has 34 heavy (non-hydrogen) atoms. The summed E-state index contributed by atoms with van der Waals surface area (Å²) in [7, 11) is 0. The fraction of sp³-hybridized carbons (Fsp3) is 0.367. The van der Waals surface area contributed by atoms with Gasteiger partial charge in [0.1, 0.15) is 5.75 Å². The van der Waals surface area contributed by atoms with Crippen molar-refractivity contribution < 1.29 is 9.53 Å². The Labute approximate surface area is 203 Å². The molecule has 0 radical (unpaired) electrons. The minimum atomic E-state index is -0.479. The van der Waals surface area contributed by atoms with Crippen molar-refractivity contribution in [1.82, 2.24) is 9.80 Å². The molecule has 1 aliphatic heterocycles. The number of amides is 1. The van der Waals surface area contributed by atoms with Gasteiger partial charge in [0.15, 0.2) is 6.10 Å². The van der Waals surface area contributed by atoms with Crippen LogP contribution in [0.15, 0.2) is 78.9 Å². The van der Waals surface area contributed by atoms with Crippen molar-refractivity contribution in [3.63, 3.8) is 0 Å². The minimum Gasteiger partial charge on any atom is -0.481 e. The molecule has 1 heterocycles. The van der Waals surface area contributed by atoms with E-state index in [1.807, 2.05) is 17.9 Å². The Bertz CT molecular complexity index is 1050. The smallest absolute Gasteiger partial charge is 0.263 e. The maximum Gasteiger partial charge on any atom is 0.263 e. The van der Waals surface area contributed by atoms with E-state index in [4.69, 9.17) is 4.74 Å². The number of fused-ring (bicyclic) bond motifs is 1. The Morgan fingerprint density at radius 1 is 0.765 bits per heavy atom. The fourth-order valence-electron chi connectivity index (χ4n) is 5.38. The minimum absolute atomic E-state index is 0.0772.